The van der Waals surface area contributed by atoms with Crippen LogP contribution in [-0.2, 0) is 6.42 Å². The maximum atomic E-state index is 13.4. The fourth-order valence-corrected chi connectivity index (χ4v) is 2.11. The summed E-state index contributed by atoms with van der Waals surface area (Å²) in [6, 6.07) is 5.81. The Morgan fingerprint density at radius 1 is 1.50 bits per heavy atom. The minimum absolute atomic E-state index is 0.132. The van der Waals surface area contributed by atoms with E-state index in [4.69, 9.17) is 0 Å². The van der Waals surface area contributed by atoms with Gasteiger partial charge in [-0.1, -0.05) is 26.0 Å². The third kappa shape index (κ3) is 2.53. The number of rotatable bonds is 3. The Bertz CT molecular complexity index is 363. The second-order valence-electron chi connectivity index (χ2n) is 4.79. The monoisotopic (exact) mass is 222 g/mol. The molecule has 0 amide bonds. The lowest BCUT2D eigenvalue weighted by Crippen LogP contribution is -2.35. The summed E-state index contributed by atoms with van der Waals surface area (Å²) in [7, 11) is 0. The van der Waals surface area contributed by atoms with Gasteiger partial charge in [-0.3, -0.25) is 0 Å². The average molecular weight is 222 g/mol. The van der Waals surface area contributed by atoms with Crippen molar-refractivity contribution in [2.24, 2.45) is 5.92 Å². The Morgan fingerprint density at radius 3 is 3.06 bits per heavy atom. The van der Waals surface area contributed by atoms with Crippen molar-refractivity contribution in [3.05, 3.63) is 29.6 Å². The first kappa shape index (κ1) is 11.4. The van der Waals surface area contributed by atoms with Crippen LogP contribution in [0.3, 0.4) is 0 Å². The van der Waals surface area contributed by atoms with Crippen LogP contribution in [0.1, 0.15) is 19.4 Å². The molecular weight excluding hydrogens is 203 g/mol. The molecule has 0 saturated heterocycles. The molecule has 0 aromatic heterocycles. The predicted octanol–water partition coefficient (Wildman–Crippen LogP) is 2.41. The molecule has 2 nitrogen and oxygen atoms in total. The quantitative estimate of drug-likeness (QED) is 0.820. The topological polar surface area (TPSA) is 24.1 Å². The second-order valence-corrected chi connectivity index (χ2v) is 4.79. The van der Waals surface area contributed by atoms with Crippen LogP contribution in [0.2, 0.25) is 0 Å². The van der Waals surface area contributed by atoms with Crippen LogP contribution in [0.5, 0.6) is 0 Å². The zero-order valence-corrected chi connectivity index (χ0v) is 9.89. The van der Waals surface area contributed by atoms with E-state index in [-0.39, 0.29) is 5.82 Å². The van der Waals surface area contributed by atoms with Crippen LogP contribution in [-0.4, -0.2) is 19.1 Å². The molecule has 0 bridgehead atoms. The van der Waals surface area contributed by atoms with Crippen molar-refractivity contribution in [2.45, 2.75) is 26.3 Å². The van der Waals surface area contributed by atoms with Gasteiger partial charge in [0.1, 0.15) is 5.82 Å². The molecule has 1 unspecified atom stereocenters. The van der Waals surface area contributed by atoms with Crippen LogP contribution >= 0.6 is 0 Å². The van der Waals surface area contributed by atoms with Crippen LogP contribution in [0.15, 0.2) is 18.2 Å². The molecule has 2 N–H and O–H groups in total. The minimum atomic E-state index is -0.132. The number of anilines is 1. The molecule has 1 aliphatic heterocycles. The summed E-state index contributed by atoms with van der Waals surface area (Å²) in [6.07, 6.45) is 0.958. The van der Waals surface area contributed by atoms with E-state index >= 15 is 0 Å². The van der Waals surface area contributed by atoms with Crippen molar-refractivity contribution < 1.29 is 4.39 Å². The molecule has 1 aliphatic rings. The molecule has 3 heteroatoms. The fourth-order valence-electron chi connectivity index (χ4n) is 2.11. The minimum Gasteiger partial charge on any atom is -0.382 e. The number of hydrogen-bond acceptors (Lipinski definition) is 2. The third-order valence-corrected chi connectivity index (χ3v) is 2.99. The maximum Gasteiger partial charge on any atom is 0.146 e. The van der Waals surface area contributed by atoms with Crippen molar-refractivity contribution in [1.82, 2.24) is 5.32 Å². The Morgan fingerprint density at radius 2 is 2.31 bits per heavy atom. The number of para-hydroxylation sites is 1. The van der Waals surface area contributed by atoms with Crippen LogP contribution in [0.25, 0.3) is 0 Å². The Kier molecular flexibility index (Phi) is 3.44. The van der Waals surface area contributed by atoms with Crippen molar-refractivity contribution in [1.29, 1.82) is 0 Å². The summed E-state index contributed by atoms with van der Waals surface area (Å²) in [5.41, 5.74) is 1.80. The van der Waals surface area contributed by atoms with Crippen LogP contribution in [0.4, 0.5) is 10.1 Å². The van der Waals surface area contributed by atoms with Gasteiger partial charge in [-0.2, -0.15) is 0 Å². The molecule has 0 spiro atoms. The van der Waals surface area contributed by atoms with E-state index in [0.717, 1.165) is 25.1 Å². The van der Waals surface area contributed by atoms with Gasteiger partial charge < -0.3 is 10.6 Å². The first-order valence-electron chi connectivity index (χ1n) is 5.91. The Labute approximate surface area is 96.2 Å². The number of hydrogen-bond donors (Lipinski definition) is 2. The van der Waals surface area contributed by atoms with E-state index in [2.05, 4.69) is 24.5 Å². The average Bonchev–Trinajstić information content (AvgIpc) is 2.26. The highest BCUT2D eigenvalue weighted by Crippen LogP contribution is 2.26. The predicted molar refractivity (Wildman–Crippen MR) is 65.2 cm³/mol. The highest BCUT2D eigenvalue weighted by molar-refractivity contribution is 5.54. The van der Waals surface area contributed by atoms with E-state index in [0.29, 0.717) is 17.6 Å². The van der Waals surface area contributed by atoms with Crippen molar-refractivity contribution >= 4 is 5.69 Å². The van der Waals surface area contributed by atoms with Gasteiger partial charge in [-0.25, -0.2) is 4.39 Å². The van der Waals surface area contributed by atoms with Gasteiger partial charge >= 0.3 is 0 Å². The van der Waals surface area contributed by atoms with Gasteiger partial charge in [0.05, 0.1) is 5.69 Å². The molecule has 0 radical (unpaired) electrons. The first-order chi connectivity index (χ1) is 7.66. The van der Waals surface area contributed by atoms with Gasteiger partial charge in [-0.15, -0.1) is 0 Å². The second kappa shape index (κ2) is 4.83. The zero-order chi connectivity index (χ0) is 11.5. The number of benzene rings is 1. The van der Waals surface area contributed by atoms with Crippen molar-refractivity contribution in [3.63, 3.8) is 0 Å². The van der Waals surface area contributed by atoms with Crippen LogP contribution < -0.4 is 10.6 Å². The molecule has 0 aliphatic carbocycles. The standard InChI is InChI=1S/C13H19FN2/c1-9(2)15-7-10-6-11-4-3-5-12(14)13(11)16-8-10/h3-5,9-10,15-16H,6-8H2,1-2H3. The maximum absolute atomic E-state index is 13.4. The molecule has 1 aromatic carbocycles. The summed E-state index contributed by atoms with van der Waals surface area (Å²) in [6.45, 7) is 6.13. The summed E-state index contributed by atoms with van der Waals surface area (Å²) in [4.78, 5) is 0. The molecule has 16 heavy (non-hydrogen) atoms. The number of fused-ring (bicyclic) bond motifs is 1. The van der Waals surface area contributed by atoms with Gasteiger partial charge in [0, 0.05) is 19.1 Å². The molecular formula is C13H19FN2. The van der Waals surface area contributed by atoms with Gasteiger partial charge in [0.25, 0.3) is 0 Å². The van der Waals surface area contributed by atoms with Crippen LogP contribution in [0, 0.1) is 11.7 Å². The molecule has 2 rings (SSSR count). The molecule has 1 aromatic rings. The lowest BCUT2D eigenvalue weighted by atomic mass is 9.93. The van der Waals surface area contributed by atoms with E-state index in [9.17, 15) is 4.39 Å². The third-order valence-electron chi connectivity index (χ3n) is 2.99. The lowest BCUT2D eigenvalue weighted by molar-refractivity contribution is 0.452. The lowest BCUT2D eigenvalue weighted by Gasteiger charge is -2.27. The zero-order valence-electron chi connectivity index (χ0n) is 9.89. The van der Waals surface area contributed by atoms with Gasteiger partial charge in [0.15, 0.2) is 0 Å². The molecule has 0 saturated carbocycles. The molecule has 0 fully saturated rings. The summed E-state index contributed by atoms with van der Waals surface area (Å²) < 4.78 is 13.4. The van der Waals surface area contributed by atoms with E-state index in [1.807, 2.05) is 6.07 Å². The smallest absolute Gasteiger partial charge is 0.146 e. The van der Waals surface area contributed by atoms with E-state index in [1.54, 1.807) is 6.07 Å². The molecule has 1 heterocycles. The highest BCUT2D eigenvalue weighted by Gasteiger charge is 2.20. The van der Waals surface area contributed by atoms with E-state index < -0.39 is 0 Å². The number of halogens is 1. The van der Waals surface area contributed by atoms with E-state index in [1.165, 1.54) is 6.07 Å². The molecule has 88 valence electrons. The Hall–Kier alpha value is -1.09. The van der Waals surface area contributed by atoms with Crippen molar-refractivity contribution in [2.75, 3.05) is 18.4 Å². The summed E-state index contributed by atoms with van der Waals surface area (Å²) >= 11 is 0. The largest absolute Gasteiger partial charge is 0.382 e. The first-order valence-corrected chi connectivity index (χ1v) is 5.91. The normalized spacial score (nSPS) is 19.4. The Balaban J connectivity index is 2.01. The summed E-state index contributed by atoms with van der Waals surface area (Å²) in [5.74, 6) is 0.421. The summed E-state index contributed by atoms with van der Waals surface area (Å²) in [5, 5.41) is 6.62. The number of nitrogens with one attached hydrogen (secondary N) is 2. The van der Waals surface area contributed by atoms with Gasteiger partial charge in [-0.05, 0) is 24.0 Å². The van der Waals surface area contributed by atoms with Gasteiger partial charge in [0.2, 0.25) is 0 Å². The van der Waals surface area contributed by atoms with Crippen molar-refractivity contribution in [3.8, 4) is 0 Å². The SMILES string of the molecule is CC(C)NCC1CNc2c(F)cccc2C1. The fraction of sp³-hybridized carbons (Fsp3) is 0.538. The highest BCUT2D eigenvalue weighted by atomic mass is 19.1. The molecule has 1 atom stereocenters.